The van der Waals surface area contributed by atoms with E-state index in [1.165, 1.54) is 19.3 Å². The number of hydrogen-bond donors (Lipinski definition) is 1. The van der Waals surface area contributed by atoms with E-state index in [0.717, 1.165) is 25.1 Å². The van der Waals surface area contributed by atoms with Gasteiger partial charge in [0.15, 0.2) is 11.5 Å². The van der Waals surface area contributed by atoms with Gasteiger partial charge in [-0.25, -0.2) is 0 Å². The van der Waals surface area contributed by atoms with Crippen LogP contribution in [0.3, 0.4) is 0 Å². The number of benzene rings is 1. The molecule has 0 radical (unpaired) electrons. The Labute approximate surface area is 136 Å². The summed E-state index contributed by atoms with van der Waals surface area (Å²) in [5, 5.41) is 0. The molecule has 1 aliphatic rings. The monoisotopic (exact) mass is 328 g/mol. The van der Waals surface area contributed by atoms with E-state index < -0.39 is 6.61 Å². The summed E-state index contributed by atoms with van der Waals surface area (Å²) in [7, 11) is 0. The molecule has 2 N–H and O–H groups in total. The lowest BCUT2D eigenvalue weighted by Crippen LogP contribution is -2.40. The molecule has 6 heteroatoms. The van der Waals surface area contributed by atoms with Gasteiger partial charge in [-0.3, -0.25) is 4.90 Å². The van der Waals surface area contributed by atoms with Crippen molar-refractivity contribution in [2.24, 2.45) is 5.73 Å². The lowest BCUT2D eigenvalue weighted by atomic mass is 9.98. The Balaban J connectivity index is 2.10. The molecule has 1 atom stereocenters. The van der Waals surface area contributed by atoms with Crippen molar-refractivity contribution in [3.63, 3.8) is 0 Å². The molecule has 0 aliphatic carbocycles. The molecule has 1 aromatic rings. The maximum Gasteiger partial charge on any atom is 0.387 e. The second-order valence-corrected chi connectivity index (χ2v) is 5.79. The van der Waals surface area contributed by atoms with Crippen LogP contribution in [0, 0.1) is 0 Å². The molecule has 0 amide bonds. The summed E-state index contributed by atoms with van der Waals surface area (Å²) < 4.78 is 34.9. The van der Waals surface area contributed by atoms with Crippen LogP contribution in [0.1, 0.15) is 38.2 Å². The third-order valence-corrected chi connectivity index (χ3v) is 4.16. The van der Waals surface area contributed by atoms with E-state index in [-0.39, 0.29) is 5.75 Å². The highest BCUT2D eigenvalue weighted by molar-refractivity contribution is 5.43. The lowest BCUT2D eigenvalue weighted by Gasteiger charge is -2.35. The SMILES string of the molecule is CCOc1cc(CN2CCCCC2CCN)ccc1OC(F)F. The molecule has 1 fully saturated rings. The van der Waals surface area contributed by atoms with Gasteiger partial charge in [0.1, 0.15) is 0 Å². The summed E-state index contributed by atoms with van der Waals surface area (Å²) in [6, 6.07) is 5.69. The zero-order valence-corrected chi connectivity index (χ0v) is 13.6. The Bertz CT molecular complexity index is 484. The molecule has 2 rings (SSSR count). The topological polar surface area (TPSA) is 47.7 Å². The van der Waals surface area contributed by atoms with Crippen LogP contribution in [0.25, 0.3) is 0 Å². The van der Waals surface area contributed by atoms with Gasteiger partial charge < -0.3 is 15.2 Å². The fraction of sp³-hybridized carbons (Fsp3) is 0.647. The van der Waals surface area contributed by atoms with E-state index in [2.05, 4.69) is 9.64 Å². The van der Waals surface area contributed by atoms with Gasteiger partial charge in [-0.2, -0.15) is 8.78 Å². The van der Waals surface area contributed by atoms with E-state index in [9.17, 15) is 8.78 Å². The molecule has 0 saturated carbocycles. The first-order valence-electron chi connectivity index (χ1n) is 8.28. The predicted octanol–water partition coefficient (Wildman–Crippen LogP) is 3.39. The smallest absolute Gasteiger partial charge is 0.387 e. The molecule has 1 saturated heterocycles. The minimum absolute atomic E-state index is 0.0859. The van der Waals surface area contributed by atoms with Gasteiger partial charge >= 0.3 is 6.61 Å². The summed E-state index contributed by atoms with van der Waals surface area (Å²) in [5.41, 5.74) is 6.75. The van der Waals surface area contributed by atoms with Gasteiger partial charge in [0.05, 0.1) is 6.61 Å². The minimum Gasteiger partial charge on any atom is -0.490 e. The standard InChI is InChI=1S/C17H26F2N2O2/c1-2-22-16-11-13(6-7-15(16)23-17(18)19)12-21-10-4-3-5-14(21)8-9-20/h6-7,11,14,17H,2-5,8-10,12,20H2,1H3. The van der Waals surface area contributed by atoms with Crippen molar-refractivity contribution in [1.82, 2.24) is 4.90 Å². The van der Waals surface area contributed by atoms with E-state index >= 15 is 0 Å². The summed E-state index contributed by atoms with van der Waals surface area (Å²) in [4.78, 5) is 2.43. The molecule has 1 aliphatic heterocycles. The van der Waals surface area contributed by atoms with Crippen LogP contribution in [0.15, 0.2) is 18.2 Å². The summed E-state index contributed by atoms with van der Waals surface area (Å²) in [6.07, 6.45) is 4.59. The molecule has 0 bridgehead atoms. The number of likely N-dealkylation sites (tertiary alicyclic amines) is 1. The Morgan fingerprint density at radius 2 is 2.13 bits per heavy atom. The van der Waals surface area contributed by atoms with Gasteiger partial charge in [0.25, 0.3) is 0 Å². The highest BCUT2D eigenvalue weighted by Crippen LogP contribution is 2.31. The molecule has 4 nitrogen and oxygen atoms in total. The van der Waals surface area contributed by atoms with Crippen LogP contribution in [-0.4, -0.2) is 37.2 Å². The summed E-state index contributed by atoms with van der Waals surface area (Å²) in [6.45, 7) is 1.88. The minimum atomic E-state index is -2.85. The maximum absolute atomic E-state index is 12.5. The molecule has 0 aromatic heterocycles. The number of alkyl halides is 2. The number of halogens is 2. The largest absolute Gasteiger partial charge is 0.490 e. The van der Waals surface area contributed by atoms with E-state index in [0.29, 0.717) is 24.9 Å². The molecule has 1 unspecified atom stereocenters. The predicted molar refractivity (Wildman–Crippen MR) is 86.0 cm³/mol. The number of hydrogen-bond acceptors (Lipinski definition) is 4. The quantitative estimate of drug-likeness (QED) is 0.795. The van der Waals surface area contributed by atoms with Crippen molar-refractivity contribution >= 4 is 0 Å². The first-order valence-corrected chi connectivity index (χ1v) is 8.28. The number of piperidine rings is 1. The molecule has 0 spiro atoms. The average Bonchev–Trinajstić information content (AvgIpc) is 2.52. The summed E-state index contributed by atoms with van der Waals surface area (Å²) in [5.74, 6) is 0.459. The molecule has 130 valence electrons. The van der Waals surface area contributed by atoms with Crippen molar-refractivity contribution in [1.29, 1.82) is 0 Å². The van der Waals surface area contributed by atoms with Crippen LogP contribution in [0.4, 0.5) is 8.78 Å². The lowest BCUT2D eigenvalue weighted by molar-refractivity contribution is -0.0514. The molecular weight excluding hydrogens is 302 g/mol. The van der Waals surface area contributed by atoms with Crippen molar-refractivity contribution in [3.8, 4) is 11.5 Å². The Kier molecular flexibility index (Phi) is 7.05. The van der Waals surface area contributed by atoms with Crippen LogP contribution in [0.2, 0.25) is 0 Å². The number of ether oxygens (including phenoxy) is 2. The Morgan fingerprint density at radius 3 is 2.83 bits per heavy atom. The average molecular weight is 328 g/mol. The van der Waals surface area contributed by atoms with Gasteiger partial charge in [0.2, 0.25) is 0 Å². The highest BCUT2D eigenvalue weighted by atomic mass is 19.3. The van der Waals surface area contributed by atoms with Crippen LogP contribution >= 0.6 is 0 Å². The summed E-state index contributed by atoms with van der Waals surface area (Å²) >= 11 is 0. The van der Waals surface area contributed by atoms with Crippen molar-refractivity contribution in [3.05, 3.63) is 23.8 Å². The molecule has 1 aromatic carbocycles. The van der Waals surface area contributed by atoms with Gasteiger partial charge in [-0.1, -0.05) is 12.5 Å². The Morgan fingerprint density at radius 1 is 1.30 bits per heavy atom. The molecule has 1 heterocycles. The van der Waals surface area contributed by atoms with Crippen LogP contribution < -0.4 is 15.2 Å². The zero-order chi connectivity index (χ0) is 16.7. The van der Waals surface area contributed by atoms with Crippen LogP contribution in [-0.2, 0) is 6.54 Å². The fourth-order valence-corrected chi connectivity index (χ4v) is 3.13. The normalized spacial score (nSPS) is 19.1. The third kappa shape index (κ3) is 5.32. The van der Waals surface area contributed by atoms with Crippen molar-refractivity contribution in [2.75, 3.05) is 19.7 Å². The number of nitrogens with two attached hydrogens (primary N) is 1. The second kappa shape index (κ2) is 9.03. The molecule has 23 heavy (non-hydrogen) atoms. The van der Waals surface area contributed by atoms with E-state index in [1.54, 1.807) is 12.1 Å². The van der Waals surface area contributed by atoms with Gasteiger partial charge in [-0.15, -0.1) is 0 Å². The first kappa shape index (κ1) is 17.9. The van der Waals surface area contributed by atoms with E-state index in [4.69, 9.17) is 10.5 Å². The van der Waals surface area contributed by atoms with Gasteiger partial charge in [-0.05, 0) is 57.0 Å². The molecular formula is C17H26F2N2O2. The third-order valence-electron chi connectivity index (χ3n) is 4.16. The fourth-order valence-electron chi connectivity index (χ4n) is 3.13. The zero-order valence-electron chi connectivity index (χ0n) is 13.6. The Hall–Kier alpha value is -1.40. The van der Waals surface area contributed by atoms with Gasteiger partial charge in [0, 0.05) is 12.6 Å². The maximum atomic E-state index is 12.5. The van der Waals surface area contributed by atoms with Crippen molar-refractivity contribution in [2.45, 2.75) is 51.8 Å². The number of nitrogens with zero attached hydrogens (tertiary/aromatic N) is 1. The van der Waals surface area contributed by atoms with Crippen LogP contribution in [0.5, 0.6) is 11.5 Å². The van der Waals surface area contributed by atoms with Crippen molar-refractivity contribution < 1.29 is 18.3 Å². The van der Waals surface area contributed by atoms with E-state index in [1.807, 2.05) is 13.0 Å². The highest BCUT2D eigenvalue weighted by Gasteiger charge is 2.22. The second-order valence-electron chi connectivity index (χ2n) is 5.79. The first-order chi connectivity index (χ1) is 11.1. The number of rotatable bonds is 8.